The third-order valence-electron chi connectivity index (χ3n) is 1.97. The average molecular weight is 252 g/mol. The fraction of sp³-hybridized carbons (Fsp3) is 0.200. The van der Waals surface area contributed by atoms with E-state index in [-0.39, 0.29) is 0 Å². The number of nitrogens with one attached hydrogen (secondary N) is 1. The van der Waals surface area contributed by atoms with Crippen LogP contribution in [0.3, 0.4) is 0 Å². The molecule has 14 heavy (non-hydrogen) atoms. The molecule has 0 fully saturated rings. The molecule has 3 nitrogen and oxygen atoms in total. The van der Waals surface area contributed by atoms with Crippen molar-refractivity contribution in [3.8, 4) is 11.5 Å². The van der Waals surface area contributed by atoms with Crippen LogP contribution in [0.2, 0.25) is 0 Å². The molecule has 0 aliphatic heterocycles. The lowest BCUT2D eigenvalue weighted by Crippen LogP contribution is -1.89. The Morgan fingerprint density at radius 2 is 2.00 bits per heavy atom. The van der Waals surface area contributed by atoms with Crippen molar-refractivity contribution in [1.29, 1.82) is 0 Å². The minimum atomic E-state index is 0.826. The SMILES string of the molecule is Cc1cnc(-c2ncc(Br)cc2C)[nH]1. The van der Waals surface area contributed by atoms with Gasteiger partial charge in [0, 0.05) is 22.6 Å². The molecule has 2 heterocycles. The van der Waals surface area contributed by atoms with Gasteiger partial charge in [0.2, 0.25) is 0 Å². The highest BCUT2D eigenvalue weighted by molar-refractivity contribution is 9.10. The molecule has 0 aromatic carbocycles. The molecule has 0 aliphatic carbocycles. The van der Waals surface area contributed by atoms with E-state index in [4.69, 9.17) is 0 Å². The summed E-state index contributed by atoms with van der Waals surface area (Å²) >= 11 is 3.38. The molecule has 0 saturated carbocycles. The normalized spacial score (nSPS) is 10.5. The molecule has 2 aromatic rings. The molecular formula is C10H10BrN3. The number of H-pyrrole nitrogens is 1. The standard InChI is InChI=1S/C10H10BrN3/c1-6-3-8(11)5-12-9(6)10-13-4-7(2)14-10/h3-5H,1-2H3,(H,13,14). The number of imidazole rings is 1. The van der Waals surface area contributed by atoms with Crippen LogP contribution in [0.25, 0.3) is 11.5 Å². The second-order valence-electron chi connectivity index (χ2n) is 3.23. The van der Waals surface area contributed by atoms with Gasteiger partial charge >= 0.3 is 0 Å². The van der Waals surface area contributed by atoms with Gasteiger partial charge in [0.25, 0.3) is 0 Å². The van der Waals surface area contributed by atoms with E-state index in [1.165, 1.54) is 0 Å². The Labute approximate surface area is 90.7 Å². The number of aryl methyl sites for hydroxylation is 2. The summed E-state index contributed by atoms with van der Waals surface area (Å²) in [5, 5.41) is 0. The zero-order valence-corrected chi connectivity index (χ0v) is 9.59. The van der Waals surface area contributed by atoms with Crippen LogP contribution < -0.4 is 0 Å². The van der Waals surface area contributed by atoms with Gasteiger partial charge in [-0.3, -0.25) is 4.98 Å². The van der Waals surface area contributed by atoms with Crippen LogP contribution in [0.5, 0.6) is 0 Å². The Morgan fingerprint density at radius 3 is 2.57 bits per heavy atom. The Kier molecular flexibility index (Phi) is 2.37. The van der Waals surface area contributed by atoms with Crippen LogP contribution >= 0.6 is 15.9 Å². The Morgan fingerprint density at radius 1 is 1.21 bits per heavy atom. The molecule has 4 heteroatoms. The number of rotatable bonds is 1. The van der Waals surface area contributed by atoms with Crippen LogP contribution in [-0.4, -0.2) is 15.0 Å². The zero-order valence-electron chi connectivity index (χ0n) is 8.00. The van der Waals surface area contributed by atoms with Crippen LogP contribution in [0.4, 0.5) is 0 Å². The quantitative estimate of drug-likeness (QED) is 0.847. The molecule has 0 atom stereocenters. The van der Waals surface area contributed by atoms with E-state index in [0.29, 0.717) is 0 Å². The van der Waals surface area contributed by atoms with Crippen molar-refractivity contribution in [2.24, 2.45) is 0 Å². The average Bonchev–Trinajstić information content (AvgIpc) is 2.51. The maximum atomic E-state index is 4.32. The molecule has 0 bridgehead atoms. The van der Waals surface area contributed by atoms with Crippen LogP contribution in [0.1, 0.15) is 11.3 Å². The lowest BCUT2D eigenvalue weighted by molar-refractivity contribution is 1.17. The van der Waals surface area contributed by atoms with Gasteiger partial charge in [-0.1, -0.05) is 0 Å². The first-order valence-corrected chi connectivity index (χ1v) is 5.10. The van der Waals surface area contributed by atoms with Crippen LogP contribution in [0, 0.1) is 13.8 Å². The molecule has 0 aliphatic rings. The number of pyridine rings is 1. The van der Waals surface area contributed by atoms with Crippen molar-refractivity contribution in [2.45, 2.75) is 13.8 Å². The van der Waals surface area contributed by atoms with Crippen molar-refractivity contribution < 1.29 is 0 Å². The third kappa shape index (κ3) is 1.70. The van der Waals surface area contributed by atoms with Gasteiger partial charge in [0.05, 0.1) is 0 Å². The Hall–Kier alpha value is -1.16. The molecule has 2 rings (SSSR count). The Balaban J connectivity index is 2.52. The van der Waals surface area contributed by atoms with Gasteiger partial charge in [-0.25, -0.2) is 4.98 Å². The summed E-state index contributed by atoms with van der Waals surface area (Å²) < 4.78 is 0.988. The first kappa shape index (κ1) is 9.40. The molecule has 2 aromatic heterocycles. The smallest absolute Gasteiger partial charge is 0.156 e. The predicted octanol–water partition coefficient (Wildman–Crippen LogP) is 2.85. The monoisotopic (exact) mass is 251 g/mol. The highest BCUT2D eigenvalue weighted by Crippen LogP contribution is 2.20. The summed E-state index contributed by atoms with van der Waals surface area (Å²) in [4.78, 5) is 11.7. The lowest BCUT2D eigenvalue weighted by atomic mass is 10.2. The lowest BCUT2D eigenvalue weighted by Gasteiger charge is -2.01. The van der Waals surface area contributed by atoms with Crippen molar-refractivity contribution in [3.63, 3.8) is 0 Å². The number of hydrogen-bond donors (Lipinski definition) is 1. The van der Waals surface area contributed by atoms with Gasteiger partial charge in [-0.05, 0) is 41.4 Å². The summed E-state index contributed by atoms with van der Waals surface area (Å²) in [7, 11) is 0. The number of hydrogen-bond acceptors (Lipinski definition) is 2. The van der Waals surface area contributed by atoms with Gasteiger partial charge in [0.15, 0.2) is 5.82 Å². The first-order valence-electron chi connectivity index (χ1n) is 4.31. The molecule has 0 radical (unpaired) electrons. The predicted molar refractivity (Wildman–Crippen MR) is 59.0 cm³/mol. The minimum absolute atomic E-state index is 0.826. The molecule has 0 amide bonds. The highest BCUT2D eigenvalue weighted by atomic mass is 79.9. The Bertz CT molecular complexity index is 462. The summed E-state index contributed by atoms with van der Waals surface area (Å²) in [6.07, 6.45) is 3.58. The first-order chi connectivity index (χ1) is 6.66. The number of aromatic nitrogens is 3. The van der Waals surface area contributed by atoms with E-state index < -0.39 is 0 Å². The van der Waals surface area contributed by atoms with E-state index in [9.17, 15) is 0 Å². The number of aromatic amines is 1. The molecule has 0 unspecified atom stereocenters. The fourth-order valence-electron chi connectivity index (χ4n) is 1.32. The van der Waals surface area contributed by atoms with Crippen LogP contribution in [0.15, 0.2) is 22.9 Å². The maximum absolute atomic E-state index is 4.32. The minimum Gasteiger partial charge on any atom is -0.341 e. The fourth-order valence-corrected chi connectivity index (χ4v) is 1.77. The molecule has 0 spiro atoms. The maximum Gasteiger partial charge on any atom is 0.156 e. The van der Waals surface area contributed by atoms with E-state index in [0.717, 1.165) is 27.2 Å². The van der Waals surface area contributed by atoms with Crippen molar-refractivity contribution in [1.82, 2.24) is 15.0 Å². The molecule has 0 saturated heterocycles. The van der Waals surface area contributed by atoms with Gasteiger partial charge in [-0.2, -0.15) is 0 Å². The molecule has 72 valence electrons. The third-order valence-corrected chi connectivity index (χ3v) is 2.41. The van der Waals surface area contributed by atoms with Gasteiger partial charge in [-0.15, -0.1) is 0 Å². The van der Waals surface area contributed by atoms with E-state index >= 15 is 0 Å². The summed E-state index contributed by atoms with van der Waals surface area (Å²) in [5.41, 5.74) is 3.05. The van der Waals surface area contributed by atoms with Crippen molar-refractivity contribution in [2.75, 3.05) is 0 Å². The van der Waals surface area contributed by atoms with E-state index in [1.54, 1.807) is 12.4 Å². The molecule has 1 N–H and O–H groups in total. The van der Waals surface area contributed by atoms with Gasteiger partial charge < -0.3 is 4.98 Å². The number of halogens is 1. The van der Waals surface area contributed by atoms with Crippen molar-refractivity contribution >= 4 is 15.9 Å². The number of nitrogens with zero attached hydrogens (tertiary/aromatic N) is 2. The highest BCUT2D eigenvalue weighted by Gasteiger charge is 2.06. The summed E-state index contributed by atoms with van der Waals surface area (Å²) in [6.45, 7) is 4.00. The van der Waals surface area contributed by atoms with E-state index in [1.807, 2.05) is 19.9 Å². The molecular weight excluding hydrogens is 242 g/mol. The van der Waals surface area contributed by atoms with Gasteiger partial charge in [0.1, 0.15) is 5.69 Å². The second-order valence-corrected chi connectivity index (χ2v) is 4.15. The van der Waals surface area contributed by atoms with E-state index in [2.05, 4.69) is 30.9 Å². The van der Waals surface area contributed by atoms with Crippen molar-refractivity contribution in [3.05, 3.63) is 34.2 Å². The summed E-state index contributed by atoms with van der Waals surface area (Å²) in [5.74, 6) is 0.826. The zero-order chi connectivity index (χ0) is 10.1. The second kappa shape index (κ2) is 3.53. The van der Waals surface area contributed by atoms with Crippen LogP contribution in [-0.2, 0) is 0 Å². The summed E-state index contributed by atoms with van der Waals surface area (Å²) in [6, 6.07) is 2.03. The largest absolute Gasteiger partial charge is 0.341 e. The topological polar surface area (TPSA) is 41.6 Å².